The molecule has 2 atom stereocenters. The average Bonchev–Trinajstić information content (AvgIpc) is 2.79. The van der Waals surface area contributed by atoms with Gasteiger partial charge in [-0.05, 0) is 18.9 Å². The van der Waals surface area contributed by atoms with Crippen LogP contribution in [0, 0.1) is 5.92 Å². The number of methoxy groups -OCH3 is 2. The Labute approximate surface area is 99.1 Å². The van der Waals surface area contributed by atoms with Gasteiger partial charge in [-0.25, -0.2) is 0 Å². The summed E-state index contributed by atoms with van der Waals surface area (Å²) >= 11 is 0. The Morgan fingerprint density at radius 1 is 1.38 bits per heavy atom. The smallest absolute Gasteiger partial charge is 0.158 e. The Hall–Kier alpha value is -0.160. The predicted molar refractivity (Wildman–Crippen MR) is 65.2 cm³/mol. The van der Waals surface area contributed by atoms with Gasteiger partial charge in [0.2, 0.25) is 0 Å². The van der Waals surface area contributed by atoms with Crippen LogP contribution in [-0.4, -0.2) is 51.1 Å². The number of nitrogens with two attached hydrogens (primary N) is 1. The van der Waals surface area contributed by atoms with Crippen LogP contribution in [0.5, 0.6) is 0 Å². The molecule has 0 aromatic heterocycles. The van der Waals surface area contributed by atoms with Gasteiger partial charge >= 0.3 is 0 Å². The molecule has 1 aliphatic heterocycles. The molecular weight excluding hydrogens is 204 g/mol. The molecule has 2 unspecified atom stereocenters. The predicted octanol–water partition coefficient (Wildman–Crippen LogP) is 1.05. The number of hydrogen-bond acceptors (Lipinski definition) is 4. The van der Waals surface area contributed by atoms with Crippen LogP contribution < -0.4 is 5.73 Å². The van der Waals surface area contributed by atoms with Crippen molar-refractivity contribution >= 4 is 0 Å². The normalized spacial score (nSPS) is 24.2. The monoisotopic (exact) mass is 230 g/mol. The minimum absolute atomic E-state index is 0.130. The van der Waals surface area contributed by atoms with Crippen LogP contribution in [0.2, 0.25) is 0 Å². The van der Waals surface area contributed by atoms with Crippen LogP contribution in [0.15, 0.2) is 0 Å². The fourth-order valence-corrected chi connectivity index (χ4v) is 2.43. The van der Waals surface area contributed by atoms with E-state index in [0.29, 0.717) is 12.6 Å². The Bertz CT molecular complexity index is 186. The highest BCUT2D eigenvalue weighted by atomic mass is 16.7. The lowest BCUT2D eigenvalue weighted by atomic mass is 10.1. The molecule has 1 fully saturated rings. The highest BCUT2D eigenvalue weighted by Gasteiger charge is 2.28. The number of hydrogen-bond donors (Lipinski definition) is 1. The topological polar surface area (TPSA) is 47.7 Å². The van der Waals surface area contributed by atoms with E-state index in [4.69, 9.17) is 15.2 Å². The third-order valence-electron chi connectivity index (χ3n) is 3.67. The highest BCUT2D eigenvalue weighted by molar-refractivity contribution is 4.82. The first kappa shape index (κ1) is 13.9. The second-order valence-corrected chi connectivity index (χ2v) is 4.58. The SMILES string of the molecule is CCC1CCN(C(CN)CC(OC)OC)C1. The van der Waals surface area contributed by atoms with Gasteiger partial charge in [0.1, 0.15) is 0 Å². The number of likely N-dealkylation sites (tertiary alicyclic amines) is 1. The Morgan fingerprint density at radius 3 is 2.50 bits per heavy atom. The maximum atomic E-state index is 5.84. The summed E-state index contributed by atoms with van der Waals surface area (Å²) in [6, 6.07) is 0.390. The molecular formula is C12H26N2O2. The van der Waals surface area contributed by atoms with Gasteiger partial charge in [-0.1, -0.05) is 13.3 Å². The summed E-state index contributed by atoms with van der Waals surface area (Å²) in [5.41, 5.74) is 5.84. The van der Waals surface area contributed by atoms with Gasteiger partial charge in [0.25, 0.3) is 0 Å². The lowest BCUT2D eigenvalue weighted by Crippen LogP contribution is -2.42. The first-order valence-corrected chi connectivity index (χ1v) is 6.24. The van der Waals surface area contributed by atoms with Crippen LogP contribution in [0.4, 0.5) is 0 Å². The zero-order valence-electron chi connectivity index (χ0n) is 10.8. The van der Waals surface area contributed by atoms with Crippen LogP contribution in [0.25, 0.3) is 0 Å². The minimum Gasteiger partial charge on any atom is -0.356 e. The number of ether oxygens (including phenoxy) is 2. The number of nitrogens with zero attached hydrogens (tertiary/aromatic N) is 1. The van der Waals surface area contributed by atoms with Crippen molar-refractivity contribution in [1.82, 2.24) is 4.90 Å². The minimum atomic E-state index is -0.130. The van der Waals surface area contributed by atoms with E-state index < -0.39 is 0 Å². The molecule has 0 bridgehead atoms. The van der Waals surface area contributed by atoms with Crippen molar-refractivity contribution in [2.24, 2.45) is 11.7 Å². The molecule has 96 valence electrons. The molecule has 4 nitrogen and oxygen atoms in total. The van der Waals surface area contributed by atoms with E-state index in [1.54, 1.807) is 14.2 Å². The van der Waals surface area contributed by atoms with Crippen molar-refractivity contribution in [3.63, 3.8) is 0 Å². The summed E-state index contributed by atoms with van der Waals surface area (Å²) in [7, 11) is 3.36. The third-order valence-corrected chi connectivity index (χ3v) is 3.67. The van der Waals surface area contributed by atoms with Gasteiger partial charge in [0, 0.05) is 39.8 Å². The second kappa shape index (κ2) is 7.22. The van der Waals surface area contributed by atoms with Crippen LogP contribution in [0.1, 0.15) is 26.2 Å². The van der Waals surface area contributed by atoms with E-state index >= 15 is 0 Å². The third kappa shape index (κ3) is 3.70. The summed E-state index contributed by atoms with van der Waals surface area (Å²) in [6.45, 7) is 5.29. The lowest BCUT2D eigenvalue weighted by Gasteiger charge is -2.29. The maximum Gasteiger partial charge on any atom is 0.158 e. The zero-order valence-corrected chi connectivity index (χ0v) is 10.8. The van der Waals surface area contributed by atoms with Gasteiger partial charge in [-0.2, -0.15) is 0 Å². The zero-order chi connectivity index (χ0) is 12.0. The molecule has 0 aromatic rings. The molecule has 1 saturated heterocycles. The Balaban J connectivity index is 2.42. The Kier molecular flexibility index (Phi) is 6.28. The van der Waals surface area contributed by atoms with Gasteiger partial charge in [0.05, 0.1) is 0 Å². The van der Waals surface area contributed by atoms with Crippen molar-refractivity contribution in [3.05, 3.63) is 0 Å². The molecule has 16 heavy (non-hydrogen) atoms. The van der Waals surface area contributed by atoms with Gasteiger partial charge in [-0.3, -0.25) is 4.90 Å². The average molecular weight is 230 g/mol. The van der Waals surface area contributed by atoms with Crippen LogP contribution in [-0.2, 0) is 9.47 Å². The van der Waals surface area contributed by atoms with E-state index in [-0.39, 0.29) is 6.29 Å². The molecule has 1 aliphatic rings. The summed E-state index contributed by atoms with van der Waals surface area (Å²) < 4.78 is 10.5. The molecule has 0 radical (unpaired) electrons. The van der Waals surface area contributed by atoms with E-state index in [1.165, 1.54) is 25.9 Å². The van der Waals surface area contributed by atoms with Crippen molar-refractivity contribution < 1.29 is 9.47 Å². The number of rotatable bonds is 7. The maximum absolute atomic E-state index is 5.84. The molecule has 0 saturated carbocycles. The standard InChI is InChI=1S/C12H26N2O2/c1-4-10-5-6-14(9-10)11(8-13)7-12(15-2)16-3/h10-12H,4-9,13H2,1-3H3. The van der Waals surface area contributed by atoms with Crippen molar-refractivity contribution in [2.45, 2.75) is 38.5 Å². The molecule has 2 N–H and O–H groups in total. The summed E-state index contributed by atoms with van der Waals surface area (Å²) in [5.74, 6) is 0.845. The van der Waals surface area contributed by atoms with Crippen molar-refractivity contribution in [1.29, 1.82) is 0 Å². The fraction of sp³-hybridized carbons (Fsp3) is 1.00. The molecule has 0 aromatic carbocycles. The van der Waals surface area contributed by atoms with E-state index in [2.05, 4.69) is 11.8 Å². The molecule has 0 amide bonds. The van der Waals surface area contributed by atoms with Crippen molar-refractivity contribution in [3.8, 4) is 0 Å². The fourth-order valence-electron chi connectivity index (χ4n) is 2.43. The second-order valence-electron chi connectivity index (χ2n) is 4.58. The van der Waals surface area contributed by atoms with Gasteiger partial charge < -0.3 is 15.2 Å². The summed E-state index contributed by atoms with van der Waals surface area (Å²) in [6.07, 6.45) is 3.30. The molecule has 1 rings (SSSR count). The summed E-state index contributed by atoms with van der Waals surface area (Å²) in [5, 5.41) is 0. The van der Waals surface area contributed by atoms with E-state index in [0.717, 1.165) is 12.3 Å². The molecule has 0 aliphatic carbocycles. The Morgan fingerprint density at radius 2 is 2.06 bits per heavy atom. The highest BCUT2D eigenvalue weighted by Crippen LogP contribution is 2.22. The van der Waals surface area contributed by atoms with Crippen molar-refractivity contribution in [2.75, 3.05) is 33.9 Å². The molecule has 4 heteroatoms. The van der Waals surface area contributed by atoms with Gasteiger partial charge in [0.15, 0.2) is 6.29 Å². The van der Waals surface area contributed by atoms with Crippen LogP contribution in [0.3, 0.4) is 0 Å². The van der Waals surface area contributed by atoms with Gasteiger partial charge in [-0.15, -0.1) is 0 Å². The summed E-state index contributed by atoms with van der Waals surface area (Å²) in [4.78, 5) is 2.49. The van der Waals surface area contributed by atoms with E-state index in [9.17, 15) is 0 Å². The first-order valence-electron chi connectivity index (χ1n) is 6.24. The molecule has 1 heterocycles. The largest absolute Gasteiger partial charge is 0.356 e. The van der Waals surface area contributed by atoms with Crippen LogP contribution >= 0.6 is 0 Å². The lowest BCUT2D eigenvalue weighted by molar-refractivity contribution is -0.115. The first-order chi connectivity index (χ1) is 7.74. The van der Waals surface area contributed by atoms with E-state index in [1.807, 2.05) is 0 Å². The quantitative estimate of drug-likeness (QED) is 0.664. The molecule has 0 spiro atoms.